The Morgan fingerprint density at radius 3 is 3.10 bits per heavy atom. The van der Waals surface area contributed by atoms with Crippen molar-refractivity contribution in [2.45, 2.75) is 6.42 Å². The molecule has 0 fully saturated rings. The molecule has 1 heterocycles. The van der Waals surface area contributed by atoms with E-state index in [2.05, 4.69) is 4.98 Å². The van der Waals surface area contributed by atoms with Crippen molar-refractivity contribution in [1.82, 2.24) is 4.98 Å². The molecule has 56 valence electrons. The van der Waals surface area contributed by atoms with Gasteiger partial charge in [-0.1, -0.05) is 11.1 Å². The van der Waals surface area contributed by atoms with Crippen molar-refractivity contribution in [3.63, 3.8) is 0 Å². The van der Waals surface area contributed by atoms with Gasteiger partial charge in [0.15, 0.2) is 0 Å². The maximum atomic E-state index is 10.1. The third-order valence-corrected chi connectivity index (χ3v) is 2.34. The summed E-state index contributed by atoms with van der Waals surface area (Å²) in [6.07, 6.45) is 2.21. The first kappa shape index (κ1) is 7.84. The summed E-state index contributed by atoms with van der Waals surface area (Å²) in [5.41, 5.74) is 0. The van der Waals surface area contributed by atoms with Crippen LogP contribution in [0.4, 0.5) is 0 Å². The molecule has 1 unspecified atom stereocenters. The smallest absolute Gasteiger partial charge is 0.0933 e. The number of rotatable bonds is 3. The molecule has 1 aromatic rings. The minimum Gasteiger partial charge on any atom is -0.772 e. The SMILES string of the molecule is O=S([O-])CCc1nccs1. The van der Waals surface area contributed by atoms with Crippen LogP contribution in [0.5, 0.6) is 0 Å². The molecule has 0 aromatic carbocycles. The molecule has 0 radical (unpaired) electrons. The number of hydrogen-bond acceptors (Lipinski definition) is 4. The third kappa shape index (κ3) is 2.55. The molecule has 3 nitrogen and oxygen atoms in total. The second-order valence-electron chi connectivity index (χ2n) is 1.68. The summed E-state index contributed by atoms with van der Waals surface area (Å²) in [5.74, 6) is 0.174. The van der Waals surface area contributed by atoms with Crippen molar-refractivity contribution < 1.29 is 8.76 Å². The maximum absolute atomic E-state index is 10.1. The molecule has 0 aliphatic rings. The molecule has 0 N–H and O–H groups in total. The van der Waals surface area contributed by atoms with Crippen LogP contribution in [0.25, 0.3) is 0 Å². The molecule has 0 aliphatic carbocycles. The molecule has 1 atom stereocenters. The highest BCUT2D eigenvalue weighted by molar-refractivity contribution is 7.79. The lowest BCUT2D eigenvalue weighted by Gasteiger charge is -2.00. The summed E-state index contributed by atoms with van der Waals surface area (Å²) in [7, 11) is 0. The Balaban J connectivity index is 2.35. The van der Waals surface area contributed by atoms with Crippen molar-refractivity contribution in [3.8, 4) is 0 Å². The van der Waals surface area contributed by atoms with Crippen molar-refractivity contribution in [3.05, 3.63) is 16.6 Å². The van der Waals surface area contributed by atoms with Crippen molar-refractivity contribution in [1.29, 1.82) is 0 Å². The quantitative estimate of drug-likeness (QED) is 0.632. The number of hydrogen-bond donors (Lipinski definition) is 0. The lowest BCUT2D eigenvalue weighted by atomic mass is 10.5. The number of aromatic nitrogens is 1. The van der Waals surface area contributed by atoms with Gasteiger partial charge in [-0.25, -0.2) is 4.98 Å². The highest BCUT2D eigenvalue weighted by atomic mass is 32.2. The van der Waals surface area contributed by atoms with Crippen LogP contribution in [-0.4, -0.2) is 19.5 Å². The summed E-state index contributed by atoms with van der Waals surface area (Å²) in [5, 5.41) is 2.72. The highest BCUT2D eigenvalue weighted by Crippen LogP contribution is 2.04. The van der Waals surface area contributed by atoms with E-state index in [1.54, 1.807) is 6.20 Å². The Bertz CT molecular complexity index is 209. The van der Waals surface area contributed by atoms with E-state index in [0.717, 1.165) is 5.01 Å². The van der Waals surface area contributed by atoms with Gasteiger partial charge in [-0.05, 0) is 0 Å². The van der Waals surface area contributed by atoms with Gasteiger partial charge >= 0.3 is 0 Å². The van der Waals surface area contributed by atoms with Crippen LogP contribution in [-0.2, 0) is 17.5 Å². The van der Waals surface area contributed by atoms with Crippen LogP contribution < -0.4 is 0 Å². The van der Waals surface area contributed by atoms with Gasteiger partial charge in [-0.3, -0.25) is 4.21 Å². The van der Waals surface area contributed by atoms with Gasteiger partial charge in [-0.2, -0.15) is 0 Å². The predicted octanol–water partition coefficient (Wildman–Crippen LogP) is 0.565. The molecular formula is C5H6NO2S2-. The van der Waals surface area contributed by atoms with Gasteiger partial charge in [0.25, 0.3) is 0 Å². The molecule has 0 saturated carbocycles. The second-order valence-corrected chi connectivity index (χ2v) is 3.68. The fourth-order valence-corrected chi connectivity index (χ4v) is 1.66. The van der Waals surface area contributed by atoms with Crippen molar-refractivity contribution >= 4 is 22.4 Å². The molecule has 0 bridgehead atoms. The van der Waals surface area contributed by atoms with Crippen LogP contribution in [0.1, 0.15) is 5.01 Å². The molecular weight excluding hydrogens is 170 g/mol. The zero-order valence-corrected chi connectivity index (χ0v) is 6.78. The fourth-order valence-electron chi connectivity index (χ4n) is 0.547. The maximum Gasteiger partial charge on any atom is 0.0933 e. The van der Waals surface area contributed by atoms with Crippen LogP contribution in [0.15, 0.2) is 11.6 Å². The number of aryl methyl sites for hydroxylation is 1. The highest BCUT2D eigenvalue weighted by Gasteiger charge is 1.93. The monoisotopic (exact) mass is 176 g/mol. The summed E-state index contributed by atoms with van der Waals surface area (Å²) >= 11 is -0.453. The molecule has 0 saturated heterocycles. The van der Waals surface area contributed by atoms with Crippen molar-refractivity contribution in [2.75, 3.05) is 5.75 Å². The lowest BCUT2D eigenvalue weighted by molar-refractivity contribution is 0.536. The Morgan fingerprint density at radius 1 is 1.80 bits per heavy atom. The minimum atomic E-state index is -1.93. The number of thiazole rings is 1. The molecule has 1 rings (SSSR count). The van der Waals surface area contributed by atoms with Gasteiger partial charge in [0.05, 0.1) is 5.01 Å². The fraction of sp³-hybridized carbons (Fsp3) is 0.400. The normalized spacial score (nSPS) is 13.3. The third-order valence-electron chi connectivity index (χ3n) is 0.966. The van der Waals surface area contributed by atoms with Crippen LogP contribution >= 0.6 is 11.3 Å². The van der Waals surface area contributed by atoms with Crippen LogP contribution in [0, 0.1) is 0 Å². The van der Waals surface area contributed by atoms with E-state index >= 15 is 0 Å². The Hall–Kier alpha value is -0.260. The summed E-state index contributed by atoms with van der Waals surface area (Å²) < 4.78 is 20.1. The molecule has 1 aromatic heterocycles. The lowest BCUT2D eigenvalue weighted by Crippen LogP contribution is -1.98. The van der Waals surface area contributed by atoms with Gasteiger partial charge in [0, 0.05) is 23.8 Å². The van der Waals surface area contributed by atoms with Gasteiger partial charge in [0.1, 0.15) is 0 Å². The Kier molecular flexibility index (Phi) is 2.98. The standard InChI is InChI=1S/C5H7NO2S2/c7-10(8)4-1-5-6-2-3-9-5/h2-3H,1,4H2,(H,7,8)/p-1. The zero-order chi connectivity index (χ0) is 7.40. The van der Waals surface area contributed by atoms with E-state index in [4.69, 9.17) is 0 Å². The van der Waals surface area contributed by atoms with E-state index in [1.807, 2.05) is 5.38 Å². The van der Waals surface area contributed by atoms with Crippen molar-refractivity contribution in [2.24, 2.45) is 0 Å². The number of nitrogens with zero attached hydrogens (tertiary/aromatic N) is 1. The Morgan fingerprint density at radius 2 is 2.60 bits per heavy atom. The van der Waals surface area contributed by atoms with E-state index in [1.165, 1.54) is 11.3 Å². The van der Waals surface area contributed by atoms with E-state index in [9.17, 15) is 8.76 Å². The van der Waals surface area contributed by atoms with E-state index < -0.39 is 11.1 Å². The van der Waals surface area contributed by atoms with E-state index in [0.29, 0.717) is 6.42 Å². The first-order chi connectivity index (χ1) is 4.79. The second kappa shape index (κ2) is 3.80. The molecule has 0 amide bonds. The van der Waals surface area contributed by atoms with Gasteiger partial charge in [-0.15, -0.1) is 11.3 Å². The van der Waals surface area contributed by atoms with Crippen LogP contribution in [0.2, 0.25) is 0 Å². The molecule has 0 aliphatic heterocycles. The van der Waals surface area contributed by atoms with Gasteiger partial charge < -0.3 is 4.55 Å². The van der Waals surface area contributed by atoms with E-state index in [-0.39, 0.29) is 5.75 Å². The molecule has 5 heteroatoms. The average Bonchev–Trinajstić information content (AvgIpc) is 2.34. The molecule has 10 heavy (non-hydrogen) atoms. The van der Waals surface area contributed by atoms with Crippen LogP contribution in [0.3, 0.4) is 0 Å². The summed E-state index contributed by atoms with van der Waals surface area (Å²) in [6.45, 7) is 0. The predicted molar refractivity (Wildman–Crippen MR) is 39.6 cm³/mol. The topological polar surface area (TPSA) is 53.0 Å². The zero-order valence-electron chi connectivity index (χ0n) is 5.15. The van der Waals surface area contributed by atoms with Gasteiger partial charge in [0.2, 0.25) is 0 Å². The largest absolute Gasteiger partial charge is 0.772 e. The first-order valence-electron chi connectivity index (χ1n) is 2.73. The summed E-state index contributed by atoms with van der Waals surface area (Å²) in [4.78, 5) is 3.93. The minimum absolute atomic E-state index is 0.174. The summed E-state index contributed by atoms with van der Waals surface area (Å²) in [6, 6.07) is 0. The average molecular weight is 176 g/mol. The molecule has 0 spiro atoms. The first-order valence-corrected chi connectivity index (χ1v) is 4.85. The Labute approximate surface area is 65.4 Å².